The molecule has 0 aliphatic carbocycles. The molecule has 1 aromatic carbocycles. The van der Waals surface area contributed by atoms with E-state index in [2.05, 4.69) is 42.6 Å². The number of pyridine rings is 1. The lowest BCUT2D eigenvalue weighted by Gasteiger charge is -2.43. The van der Waals surface area contributed by atoms with Crippen molar-refractivity contribution in [2.24, 2.45) is 13.0 Å². The van der Waals surface area contributed by atoms with Crippen LogP contribution in [0.3, 0.4) is 0 Å². The molecule has 3 saturated heterocycles. The molecule has 4 aliphatic rings. The number of nitrogens with one attached hydrogen (secondary N) is 1. The molecule has 280 valence electrons. The second kappa shape index (κ2) is 13.8. The zero-order valence-electron chi connectivity index (χ0n) is 29.6. The Balaban J connectivity index is 1.12. The number of anilines is 2. The molecular formula is C35H41F3N12O3. The van der Waals surface area contributed by atoms with E-state index in [-0.39, 0.29) is 35.8 Å². The zero-order valence-corrected chi connectivity index (χ0v) is 29.6. The minimum Gasteiger partial charge on any atom is -0.379 e. The highest BCUT2D eigenvalue weighted by molar-refractivity contribution is 6.10. The third-order valence-corrected chi connectivity index (χ3v) is 11.0. The van der Waals surface area contributed by atoms with Gasteiger partial charge in [0.25, 0.3) is 5.91 Å². The van der Waals surface area contributed by atoms with Gasteiger partial charge in [0, 0.05) is 63.7 Å². The molecule has 53 heavy (non-hydrogen) atoms. The summed E-state index contributed by atoms with van der Waals surface area (Å²) in [5.41, 5.74) is 0.0201. The number of aromatic amines is 1. The minimum atomic E-state index is -4.64. The second-order valence-electron chi connectivity index (χ2n) is 14.8. The number of alkyl halides is 3. The Morgan fingerprint density at radius 3 is 2.51 bits per heavy atom. The molecule has 2 amide bonds. The number of rotatable bonds is 9. The molecule has 1 unspecified atom stereocenters. The van der Waals surface area contributed by atoms with Crippen molar-refractivity contribution < 1.29 is 27.5 Å². The van der Waals surface area contributed by atoms with Crippen LogP contribution in [0.1, 0.15) is 64.0 Å². The Morgan fingerprint density at radius 1 is 1.06 bits per heavy atom. The number of aromatic nitrogens is 8. The van der Waals surface area contributed by atoms with Crippen LogP contribution in [-0.2, 0) is 54.1 Å². The zero-order chi connectivity index (χ0) is 36.9. The van der Waals surface area contributed by atoms with Gasteiger partial charge in [-0.2, -0.15) is 18.4 Å². The van der Waals surface area contributed by atoms with Crippen LogP contribution in [0.25, 0.3) is 0 Å². The first-order valence-electron chi connectivity index (χ1n) is 17.9. The van der Waals surface area contributed by atoms with Crippen LogP contribution in [-0.4, -0.2) is 114 Å². The molecule has 18 heteroatoms. The average Bonchev–Trinajstić information content (AvgIpc) is 3.86. The molecule has 0 bridgehead atoms. The number of H-pyrrole nitrogens is 1. The van der Waals surface area contributed by atoms with Crippen molar-refractivity contribution in [1.82, 2.24) is 50.2 Å². The molecule has 0 radical (unpaired) electrons. The van der Waals surface area contributed by atoms with Crippen LogP contribution in [0.15, 0.2) is 30.6 Å². The van der Waals surface area contributed by atoms with Crippen molar-refractivity contribution in [1.29, 1.82) is 0 Å². The largest absolute Gasteiger partial charge is 0.416 e. The summed E-state index contributed by atoms with van der Waals surface area (Å²) in [6.45, 7) is 6.33. The smallest absolute Gasteiger partial charge is 0.379 e. The summed E-state index contributed by atoms with van der Waals surface area (Å²) in [4.78, 5) is 39.4. The summed E-state index contributed by atoms with van der Waals surface area (Å²) >= 11 is 0. The fraction of sp³-hybridized carbons (Fsp3) is 0.543. The third-order valence-electron chi connectivity index (χ3n) is 11.0. The second-order valence-corrected chi connectivity index (χ2v) is 14.8. The van der Waals surface area contributed by atoms with Crippen LogP contribution >= 0.6 is 0 Å². The first-order chi connectivity index (χ1) is 25.5. The van der Waals surface area contributed by atoms with Gasteiger partial charge < -0.3 is 19.1 Å². The number of aryl methyl sites for hydroxylation is 1. The summed E-state index contributed by atoms with van der Waals surface area (Å²) in [5.74, 6) is 1.70. The topological polar surface area (TPSA) is 154 Å². The van der Waals surface area contributed by atoms with Crippen molar-refractivity contribution >= 4 is 23.5 Å². The molecule has 4 aromatic rings. The number of piperazine rings is 1. The molecule has 15 nitrogen and oxygen atoms in total. The number of ether oxygens (including phenoxy) is 1. The van der Waals surface area contributed by atoms with Gasteiger partial charge in [-0.15, -0.1) is 20.4 Å². The van der Waals surface area contributed by atoms with Gasteiger partial charge in [-0.3, -0.25) is 19.4 Å². The summed E-state index contributed by atoms with van der Waals surface area (Å²) in [6, 6.07) is 6.62. The first kappa shape index (κ1) is 35.1. The van der Waals surface area contributed by atoms with Gasteiger partial charge in [0.15, 0.2) is 5.82 Å². The fourth-order valence-corrected chi connectivity index (χ4v) is 7.97. The normalized spacial score (nSPS) is 20.5. The van der Waals surface area contributed by atoms with E-state index in [4.69, 9.17) is 9.72 Å². The van der Waals surface area contributed by atoms with Crippen molar-refractivity contribution in [3.05, 3.63) is 70.1 Å². The van der Waals surface area contributed by atoms with E-state index < -0.39 is 23.1 Å². The Kier molecular flexibility index (Phi) is 9.12. The van der Waals surface area contributed by atoms with E-state index in [0.717, 1.165) is 37.3 Å². The Hall–Kier alpha value is -4.97. The lowest BCUT2D eigenvalue weighted by Crippen LogP contribution is -2.50. The molecule has 8 rings (SSSR count). The molecule has 7 heterocycles. The van der Waals surface area contributed by atoms with Crippen molar-refractivity contribution in [2.45, 2.75) is 57.3 Å². The summed E-state index contributed by atoms with van der Waals surface area (Å²) in [7, 11) is 1.86. The minimum absolute atomic E-state index is 0.0232. The van der Waals surface area contributed by atoms with Gasteiger partial charge in [0.05, 0.1) is 31.7 Å². The van der Waals surface area contributed by atoms with Gasteiger partial charge >= 0.3 is 6.18 Å². The number of benzene rings is 1. The van der Waals surface area contributed by atoms with E-state index in [1.165, 1.54) is 11.0 Å². The Labute approximate surface area is 303 Å². The van der Waals surface area contributed by atoms with Crippen molar-refractivity contribution in [2.75, 3.05) is 62.3 Å². The quantitative estimate of drug-likeness (QED) is 0.270. The van der Waals surface area contributed by atoms with Crippen LogP contribution in [0.4, 0.5) is 24.8 Å². The number of piperidine rings is 1. The number of likely N-dealkylation sites (tertiary alicyclic amines) is 1. The summed E-state index contributed by atoms with van der Waals surface area (Å²) in [5, 5.41) is 22.0. The lowest BCUT2D eigenvalue weighted by molar-refractivity contribution is -0.138. The number of hydrogen-bond acceptors (Lipinski definition) is 11. The van der Waals surface area contributed by atoms with Crippen LogP contribution in [0, 0.1) is 5.92 Å². The molecule has 3 fully saturated rings. The highest BCUT2D eigenvalue weighted by Gasteiger charge is 2.45. The molecular weight excluding hydrogens is 693 g/mol. The fourth-order valence-electron chi connectivity index (χ4n) is 7.97. The SMILES string of the molecule is CC1CCCN(Cc2cc3c(c(C(F)(F)F)c2)CN(c2cc(C4(Cc5nncn5C)COC4)cc(N4CCN(C(=O)Cc5nn[nH]n5)CC4)n2)C3=O)C1. The number of amides is 2. The maximum Gasteiger partial charge on any atom is 0.416 e. The summed E-state index contributed by atoms with van der Waals surface area (Å²) in [6.07, 6.45) is -0.410. The number of tetrazole rings is 1. The van der Waals surface area contributed by atoms with E-state index in [1.807, 2.05) is 22.6 Å². The molecule has 0 saturated carbocycles. The Morgan fingerprint density at radius 2 is 1.85 bits per heavy atom. The maximum absolute atomic E-state index is 14.7. The number of hydrogen-bond donors (Lipinski definition) is 1. The Bertz CT molecular complexity index is 1990. The van der Waals surface area contributed by atoms with Gasteiger partial charge in [0.1, 0.15) is 23.8 Å². The van der Waals surface area contributed by atoms with E-state index in [0.29, 0.717) is 75.5 Å². The number of carbonyl (C=O) groups excluding carboxylic acids is 2. The van der Waals surface area contributed by atoms with Gasteiger partial charge in [-0.25, -0.2) is 4.98 Å². The van der Waals surface area contributed by atoms with Crippen LogP contribution < -0.4 is 9.80 Å². The molecule has 0 spiro atoms. The third kappa shape index (κ3) is 6.96. The van der Waals surface area contributed by atoms with Gasteiger partial charge in [-0.1, -0.05) is 12.1 Å². The molecule has 4 aliphatic heterocycles. The lowest BCUT2D eigenvalue weighted by atomic mass is 9.75. The van der Waals surface area contributed by atoms with E-state index in [1.54, 1.807) is 23.4 Å². The monoisotopic (exact) mass is 734 g/mol. The van der Waals surface area contributed by atoms with E-state index in [9.17, 15) is 22.8 Å². The van der Waals surface area contributed by atoms with Crippen molar-refractivity contribution in [3.63, 3.8) is 0 Å². The average molecular weight is 735 g/mol. The molecule has 1 atom stereocenters. The predicted octanol–water partition coefficient (Wildman–Crippen LogP) is 2.54. The highest BCUT2D eigenvalue weighted by atomic mass is 19.4. The van der Waals surface area contributed by atoms with Gasteiger partial charge in [-0.05, 0) is 66.3 Å². The summed E-state index contributed by atoms with van der Waals surface area (Å²) < 4.78 is 51.6. The predicted molar refractivity (Wildman–Crippen MR) is 184 cm³/mol. The molecule has 1 N–H and O–H groups in total. The van der Waals surface area contributed by atoms with E-state index >= 15 is 0 Å². The van der Waals surface area contributed by atoms with Crippen LogP contribution in [0.5, 0.6) is 0 Å². The standard InChI is InChI=1S/C35H41F3N12O3/c1-22-4-3-5-47(16-22)17-23-10-25-26(27(11-23)35(36,37)38)18-50(33(25)52)30-13-24(34(19-53-20-34)15-31-43-39-21-46(31)2)12-29(40-30)48-6-8-49(9-7-48)32(51)14-28-41-44-45-42-28/h10-13,21-22H,3-9,14-20H2,1-2H3,(H,41,42,44,45). The van der Waals surface area contributed by atoms with Crippen molar-refractivity contribution in [3.8, 4) is 0 Å². The maximum atomic E-state index is 14.7. The number of fused-ring (bicyclic) bond motifs is 1. The number of halogens is 3. The number of carbonyl (C=O) groups is 2. The highest BCUT2D eigenvalue weighted by Crippen LogP contribution is 2.42. The first-order valence-corrected chi connectivity index (χ1v) is 17.9. The van der Waals surface area contributed by atoms with Gasteiger partial charge in [0.2, 0.25) is 5.91 Å². The number of nitrogens with zero attached hydrogens (tertiary/aromatic N) is 11. The molecule has 3 aromatic heterocycles. The van der Waals surface area contributed by atoms with Crippen LogP contribution in [0.2, 0.25) is 0 Å².